The number of piperazine rings is 1. The molecular formula is C23H24N2O4S. The number of amides is 2. The van der Waals surface area contributed by atoms with E-state index in [1.807, 2.05) is 60.4 Å². The molecule has 0 bridgehead atoms. The van der Waals surface area contributed by atoms with Crippen molar-refractivity contribution in [3.05, 3.63) is 60.4 Å². The lowest BCUT2D eigenvalue weighted by molar-refractivity contribution is -0.129. The summed E-state index contributed by atoms with van der Waals surface area (Å²) < 4.78 is 11.1. The van der Waals surface area contributed by atoms with Crippen molar-refractivity contribution < 1.29 is 18.7 Å². The SMILES string of the molecule is CCOc1ccc(SCC(=O)N2CCN(C(=O)c3cc4ccccc4o3)CC2)cc1. The smallest absolute Gasteiger partial charge is 0.289 e. The van der Waals surface area contributed by atoms with E-state index in [-0.39, 0.29) is 11.8 Å². The van der Waals surface area contributed by atoms with Gasteiger partial charge in [-0.3, -0.25) is 9.59 Å². The maximum atomic E-state index is 12.7. The molecule has 1 fully saturated rings. The highest BCUT2D eigenvalue weighted by molar-refractivity contribution is 8.00. The van der Waals surface area contributed by atoms with Crippen LogP contribution in [0.1, 0.15) is 17.5 Å². The molecule has 3 aromatic rings. The molecule has 0 N–H and O–H groups in total. The molecule has 0 aliphatic carbocycles. The fourth-order valence-electron chi connectivity index (χ4n) is 3.44. The van der Waals surface area contributed by atoms with Crippen LogP contribution in [0.15, 0.2) is 63.9 Å². The largest absolute Gasteiger partial charge is 0.494 e. The third-order valence-corrected chi connectivity index (χ3v) is 6.05. The Labute approximate surface area is 179 Å². The molecule has 1 aliphatic rings. The van der Waals surface area contributed by atoms with Gasteiger partial charge in [0.05, 0.1) is 12.4 Å². The van der Waals surface area contributed by atoms with E-state index in [1.54, 1.807) is 11.0 Å². The van der Waals surface area contributed by atoms with Crippen LogP contribution in [0.25, 0.3) is 11.0 Å². The van der Waals surface area contributed by atoms with Crippen molar-refractivity contribution in [2.45, 2.75) is 11.8 Å². The number of ether oxygens (including phenoxy) is 1. The Morgan fingerprint density at radius 1 is 1.00 bits per heavy atom. The number of carbonyl (C=O) groups is 2. The van der Waals surface area contributed by atoms with Gasteiger partial charge < -0.3 is 19.0 Å². The second kappa shape index (κ2) is 9.26. The second-order valence-electron chi connectivity index (χ2n) is 7.01. The van der Waals surface area contributed by atoms with Gasteiger partial charge in [0.25, 0.3) is 5.91 Å². The molecule has 0 unspecified atom stereocenters. The van der Waals surface area contributed by atoms with Crippen molar-refractivity contribution in [3.63, 3.8) is 0 Å². The maximum Gasteiger partial charge on any atom is 0.289 e. The number of hydrogen-bond donors (Lipinski definition) is 0. The zero-order valence-electron chi connectivity index (χ0n) is 16.9. The van der Waals surface area contributed by atoms with Crippen LogP contribution in [-0.2, 0) is 4.79 Å². The summed E-state index contributed by atoms with van der Waals surface area (Å²) in [7, 11) is 0. The van der Waals surface area contributed by atoms with Gasteiger partial charge in [-0.15, -0.1) is 11.8 Å². The molecule has 0 saturated carbocycles. The molecule has 0 spiro atoms. The highest BCUT2D eigenvalue weighted by Crippen LogP contribution is 2.23. The van der Waals surface area contributed by atoms with Crippen LogP contribution in [0.4, 0.5) is 0 Å². The number of para-hydroxylation sites is 1. The third kappa shape index (κ3) is 4.62. The molecule has 0 atom stereocenters. The molecule has 1 saturated heterocycles. The first kappa shape index (κ1) is 20.3. The van der Waals surface area contributed by atoms with Crippen molar-refractivity contribution in [2.24, 2.45) is 0 Å². The van der Waals surface area contributed by atoms with Crippen LogP contribution < -0.4 is 4.74 Å². The van der Waals surface area contributed by atoms with Gasteiger partial charge in [-0.05, 0) is 43.3 Å². The van der Waals surface area contributed by atoms with Gasteiger partial charge >= 0.3 is 0 Å². The minimum Gasteiger partial charge on any atom is -0.494 e. The number of fused-ring (bicyclic) bond motifs is 1. The molecule has 1 aliphatic heterocycles. The summed E-state index contributed by atoms with van der Waals surface area (Å²) in [6, 6.07) is 17.1. The standard InChI is InChI=1S/C23H24N2O4S/c1-2-28-18-7-9-19(10-8-18)30-16-22(26)24-11-13-25(14-12-24)23(27)21-15-17-5-3-4-6-20(17)29-21/h3-10,15H,2,11-14,16H2,1H3. The fourth-order valence-corrected chi connectivity index (χ4v) is 4.24. The Kier molecular flexibility index (Phi) is 6.28. The lowest BCUT2D eigenvalue weighted by Crippen LogP contribution is -2.51. The van der Waals surface area contributed by atoms with Gasteiger partial charge in [-0.2, -0.15) is 0 Å². The summed E-state index contributed by atoms with van der Waals surface area (Å²) >= 11 is 1.51. The number of furan rings is 1. The van der Waals surface area contributed by atoms with Crippen LogP contribution in [0.2, 0.25) is 0 Å². The summed E-state index contributed by atoms with van der Waals surface area (Å²) in [5.74, 6) is 1.53. The van der Waals surface area contributed by atoms with Crippen molar-refractivity contribution in [3.8, 4) is 5.75 Å². The van der Waals surface area contributed by atoms with Crippen molar-refractivity contribution in [2.75, 3.05) is 38.5 Å². The summed E-state index contributed by atoms with van der Waals surface area (Å²) in [5, 5.41) is 0.918. The zero-order valence-corrected chi connectivity index (χ0v) is 17.7. The highest BCUT2D eigenvalue weighted by atomic mass is 32.2. The zero-order chi connectivity index (χ0) is 20.9. The molecule has 4 rings (SSSR count). The normalized spacial score (nSPS) is 14.2. The first-order chi connectivity index (χ1) is 14.6. The molecule has 1 aromatic heterocycles. The summed E-state index contributed by atoms with van der Waals surface area (Å²) in [6.45, 7) is 4.68. The molecule has 2 aromatic carbocycles. The predicted molar refractivity (Wildman–Crippen MR) is 117 cm³/mol. The summed E-state index contributed by atoms with van der Waals surface area (Å²) in [5.41, 5.74) is 0.709. The molecule has 7 heteroatoms. The minimum atomic E-state index is -0.123. The number of benzene rings is 2. The molecule has 2 heterocycles. The van der Waals surface area contributed by atoms with Crippen LogP contribution >= 0.6 is 11.8 Å². The molecule has 156 valence electrons. The van der Waals surface area contributed by atoms with Gasteiger partial charge in [-0.1, -0.05) is 18.2 Å². The average molecular weight is 425 g/mol. The Balaban J connectivity index is 1.27. The lowest BCUT2D eigenvalue weighted by Gasteiger charge is -2.34. The van der Waals surface area contributed by atoms with Crippen molar-refractivity contribution >= 4 is 34.5 Å². The number of thioether (sulfide) groups is 1. The van der Waals surface area contributed by atoms with E-state index in [2.05, 4.69) is 0 Å². The number of carbonyl (C=O) groups excluding carboxylic acids is 2. The van der Waals surface area contributed by atoms with Gasteiger partial charge in [-0.25, -0.2) is 0 Å². The van der Waals surface area contributed by atoms with E-state index in [0.717, 1.165) is 16.0 Å². The number of nitrogens with zero attached hydrogens (tertiary/aromatic N) is 2. The van der Waals surface area contributed by atoms with Crippen LogP contribution in [0.3, 0.4) is 0 Å². The Morgan fingerprint density at radius 2 is 1.70 bits per heavy atom. The number of hydrogen-bond acceptors (Lipinski definition) is 5. The van der Waals surface area contributed by atoms with E-state index in [0.29, 0.717) is 49.9 Å². The molecule has 6 nitrogen and oxygen atoms in total. The van der Waals surface area contributed by atoms with Gasteiger partial charge in [0, 0.05) is 36.5 Å². The topological polar surface area (TPSA) is 63.0 Å². The fraction of sp³-hybridized carbons (Fsp3) is 0.304. The Morgan fingerprint density at radius 3 is 2.40 bits per heavy atom. The summed E-state index contributed by atoms with van der Waals surface area (Å²) in [6.07, 6.45) is 0. The third-order valence-electron chi connectivity index (χ3n) is 5.05. The van der Waals surface area contributed by atoms with E-state index in [4.69, 9.17) is 9.15 Å². The second-order valence-corrected chi connectivity index (χ2v) is 8.06. The Hall–Kier alpha value is -2.93. The number of rotatable bonds is 6. The summed E-state index contributed by atoms with van der Waals surface area (Å²) in [4.78, 5) is 29.9. The minimum absolute atomic E-state index is 0.0877. The van der Waals surface area contributed by atoms with Crippen molar-refractivity contribution in [1.82, 2.24) is 9.80 Å². The van der Waals surface area contributed by atoms with E-state index in [9.17, 15) is 9.59 Å². The van der Waals surface area contributed by atoms with Crippen LogP contribution in [-0.4, -0.2) is 60.2 Å². The predicted octanol–water partition coefficient (Wildman–Crippen LogP) is 3.91. The van der Waals surface area contributed by atoms with Gasteiger partial charge in [0.15, 0.2) is 5.76 Å². The molecule has 0 radical (unpaired) electrons. The van der Waals surface area contributed by atoms with Crippen molar-refractivity contribution in [1.29, 1.82) is 0 Å². The Bertz CT molecular complexity index is 990. The van der Waals surface area contributed by atoms with Gasteiger partial charge in [0.1, 0.15) is 11.3 Å². The first-order valence-corrected chi connectivity index (χ1v) is 11.0. The molecular weight excluding hydrogens is 400 g/mol. The highest BCUT2D eigenvalue weighted by Gasteiger charge is 2.26. The monoisotopic (exact) mass is 424 g/mol. The van der Waals surface area contributed by atoms with Gasteiger partial charge in [0.2, 0.25) is 5.91 Å². The van der Waals surface area contributed by atoms with Crippen LogP contribution in [0, 0.1) is 0 Å². The molecule has 30 heavy (non-hydrogen) atoms. The lowest BCUT2D eigenvalue weighted by atomic mass is 10.2. The molecule has 2 amide bonds. The van der Waals surface area contributed by atoms with E-state index >= 15 is 0 Å². The van der Waals surface area contributed by atoms with E-state index < -0.39 is 0 Å². The van der Waals surface area contributed by atoms with E-state index in [1.165, 1.54) is 11.8 Å². The maximum absolute atomic E-state index is 12.7. The quantitative estimate of drug-likeness (QED) is 0.562. The van der Waals surface area contributed by atoms with Crippen LogP contribution in [0.5, 0.6) is 5.75 Å². The first-order valence-electron chi connectivity index (χ1n) is 10.1. The average Bonchev–Trinajstić information content (AvgIpc) is 3.22.